The first-order valence-corrected chi connectivity index (χ1v) is 6.87. The number of amides is 2. The highest BCUT2D eigenvalue weighted by atomic mass is 16.4. The van der Waals surface area contributed by atoms with E-state index < -0.39 is 12.1 Å². The summed E-state index contributed by atoms with van der Waals surface area (Å²) >= 11 is 0. The number of carbonyl (C=O) groups is 2. The standard InChI is InChI=1S/C13H24N2O4/c1-9(2)8-15(10-5-3-4-6-10)13(19)14-7-11(16)12(17)18/h9-11,16H,3-8H2,1-2H3,(H,14,19)(H,17,18). The molecule has 1 aliphatic carbocycles. The predicted octanol–water partition coefficient (Wildman–Crippen LogP) is 1.04. The first kappa shape index (κ1) is 15.8. The summed E-state index contributed by atoms with van der Waals surface area (Å²) in [4.78, 5) is 24.4. The van der Waals surface area contributed by atoms with Gasteiger partial charge in [0, 0.05) is 12.6 Å². The van der Waals surface area contributed by atoms with Crippen LogP contribution in [0, 0.1) is 5.92 Å². The van der Waals surface area contributed by atoms with Crippen molar-refractivity contribution in [3.05, 3.63) is 0 Å². The molecule has 1 atom stereocenters. The fourth-order valence-corrected chi connectivity index (χ4v) is 2.38. The molecule has 0 aliphatic heterocycles. The molecule has 0 spiro atoms. The van der Waals surface area contributed by atoms with Crippen LogP contribution in [-0.2, 0) is 4.79 Å². The van der Waals surface area contributed by atoms with Gasteiger partial charge < -0.3 is 20.4 Å². The number of carboxylic acids is 1. The number of urea groups is 1. The van der Waals surface area contributed by atoms with Crippen LogP contribution < -0.4 is 5.32 Å². The minimum absolute atomic E-state index is 0.240. The molecule has 2 amide bonds. The van der Waals surface area contributed by atoms with E-state index in [9.17, 15) is 14.7 Å². The van der Waals surface area contributed by atoms with Gasteiger partial charge in [0.2, 0.25) is 0 Å². The van der Waals surface area contributed by atoms with Crippen LogP contribution >= 0.6 is 0 Å². The average molecular weight is 272 g/mol. The zero-order valence-corrected chi connectivity index (χ0v) is 11.6. The maximum absolute atomic E-state index is 12.1. The topological polar surface area (TPSA) is 89.9 Å². The zero-order valence-electron chi connectivity index (χ0n) is 11.6. The lowest BCUT2D eigenvalue weighted by Gasteiger charge is -2.30. The molecule has 1 unspecified atom stereocenters. The molecule has 6 nitrogen and oxygen atoms in total. The Kier molecular flexibility index (Phi) is 6.08. The molecular formula is C13H24N2O4. The van der Waals surface area contributed by atoms with Crippen molar-refractivity contribution in [2.24, 2.45) is 5.92 Å². The largest absolute Gasteiger partial charge is 0.479 e. The van der Waals surface area contributed by atoms with Crippen molar-refractivity contribution in [1.82, 2.24) is 10.2 Å². The van der Waals surface area contributed by atoms with Crippen LogP contribution in [0.1, 0.15) is 39.5 Å². The lowest BCUT2D eigenvalue weighted by molar-refractivity contribution is -0.146. The number of aliphatic hydroxyl groups is 1. The first-order valence-electron chi connectivity index (χ1n) is 6.87. The molecular weight excluding hydrogens is 248 g/mol. The third-order valence-electron chi connectivity index (χ3n) is 3.32. The van der Waals surface area contributed by atoms with E-state index in [4.69, 9.17) is 5.11 Å². The van der Waals surface area contributed by atoms with Crippen molar-refractivity contribution in [3.8, 4) is 0 Å². The fourth-order valence-electron chi connectivity index (χ4n) is 2.38. The molecule has 0 aromatic heterocycles. The summed E-state index contributed by atoms with van der Waals surface area (Å²) in [6, 6.07) is -0.0368. The average Bonchev–Trinajstić information content (AvgIpc) is 2.85. The Morgan fingerprint density at radius 3 is 2.37 bits per heavy atom. The Bertz CT molecular complexity index is 314. The quantitative estimate of drug-likeness (QED) is 0.674. The van der Waals surface area contributed by atoms with Crippen molar-refractivity contribution in [2.45, 2.75) is 51.7 Å². The molecule has 1 aliphatic rings. The molecule has 0 aromatic rings. The van der Waals surface area contributed by atoms with E-state index >= 15 is 0 Å². The number of aliphatic carboxylic acids is 1. The molecule has 0 radical (unpaired) electrons. The van der Waals surface area contributed by atoms with Gasteiger partial charge in [-0.1, -0.05) is 26.7 Å². The summed E-state index contributed by atoms with van der Waals surface area (Å²) in [6.07, 6.45) is 2.71. The van der Waals surface area contributed by atoms with Gasteiger partial charge in [0.1, 0.15) is 0 Å². The number of nitrogens with one attached hydrogen (secondary N) is 1. The summed E-state index contributed by atoms with van der Waals surface area (Å²) in [5.74, 6) is -0.965. The molecule has 110 valence electrons. The number of hydrogen-bond donors (Lipinski definition) is 3. The molecule has 1 fully saturated rings. The van der Waals surface area contributed by atoms with Gasteiger partial charge >= 0.3 is 12.0 Å². The van der Waals surface area contributed by atoms with Crippen LogP contribution in [0.15, 0.2) is 0 Å². The normalized spacial score (nSPS) is 17.5. The molecule has 0 saturated heterocycles. The number of rotatable bonds is 6. The number of carbonyl (C=O) groups excluding carboxylic acids is 1. The zero-order chi connectivity index (χ0) is 14.4. The molecule has 0 aromatic carbocycles. The summed E-state index contributed by atoms with van der Waals surface area (Å²) in [7, 11) is 0. The van der Waals surface area contributed by atoms with Gasteiger partial charge in [-0.25, -0.2) is 9.59 Å². The van der Waals surface area contributed by atoms with Crippen LogP contribution in [0.4, 0.5) is 4.79 Å². The smallest absolute Gasteiger partial charge is 0.334 e. The van der Waals surface area contributed by atoms with Crippen LogP contribution in [-0.4, -0.2) is 52.3 Å². The maximum Gasteiger partial charge on any atom is 0.334 e. The highest BCUT2D eigenvalue weighted by molar-refractivity contribution is 5.77. The fraction of sp³-hybridized carbons (Fsp3) is 0.846. The second kappa shape index (κ2) is 7.33. The highest BCUT2D eigenvalue weighted by Gasteiger charge is 2.27. The maximum atomic E-state index is 12.1. The van der Waals surface area contributed by atoms with E-state index in [1.54, 1.807) is 4.90 Å². The van der Waals surface area contributed by atoms with E-state index in [0.717, 1.165) is 25.7 Å². The summed E-state index contributed by atoms with van der Waals surface area (Å²) in [5.41, 5.74) is 0. The Balaban J connectivity index is 2.53. The highest BCUT2D eigenvalue weighted by Crippen LogP contribution is 2.24. The Hall–Kier alpha value is -1.30. The molecule has 19 heavy (non-hydrogen) atoms. The third kappa shape index (κ3) is 5.06. The van der Waals surface area contributed by atoms with Crippen molar-refractivity contribution < 1.29 is 19.8 Å². The number of nitrogens with zero attached hydrogens (tertiary/aromatic N) is 1. The van der Waals surface area contributed by atoms with Crippen LogP contribution in [0.3, 0.4) is 0 Å². The molecule has 0 heterocycles. The monoisotopic (exact) mass is 272 g/mol. The van der Waals surface area contributed by atoms with Gasteiger partial charge in [0.15, 0.2) is 6.10 Å². The van der Waals surface area contributed by atoms with Crippen LogP contribution in [0.5, 0.6) is 0 Å². The number of carboxylic acid groups (broad SMARTS) is 1. The van der Waals surface area contributed by atoms with E-state index in [-0.39, 0.29) is 18.6 Å². The summed E-state index contributed by atoms with van der Waals surface area (Å²) in [5, 5.41) is 20.2. The Morgan fingerprint density at radius 1 is 1.32 bits per heavy atom. The van der Waals surface area contributed by atoms with Gasteiger partial charge in [0.05, 0.1) is 6.54 Å². The number of aliphatic hydroxyl groups excluding tert-OH is 1. The van der Waals surface area contributed by atoms with Gasteiger partial charge in [-0.2, -0.15) is 0 Å². The molecule has 6 heteroatoms. The lowest BCUT2D eigenvalue weighted by Crippen LogP contribution is -2.49. The lowest BCUT2D eigenvalue weighted by atomic mass is 10.1. The molecule has 1 saturated carbocycles. The van der Waals surface area contributed by atoms with E-state index in [1.165, 1.54) is 0 Å². The predicted molar refractivity (Wildman–Crippen MR) is 70.8 cm³/mol. The molecule has 1 rings (SSSR count). The Morgan fingerprint density at radius 2 is 1.89 bits per heavy atom. The van der Waals surface area contributed by atoms with Gasteiger partial charge in [-0.15, -0.1) is 0 Å². The second-order valence-electron chi connectivity index (χ2n) is 5.52. The first-order chi connectivity index (χ1) is 8.91. The van der Waals surface area contributed by atoms with Gasteiger partial charge in [-0.3, -0.25) is 0 Å². The third-order valence-corrected chi connectivity index (χ3v) is 3.32. The SMILES string of the molecule is CC(C)CN(C(=O)NCC(O)C(=O)O)C1CCCC1. The van der Waals surface area contributed by atoms with Crippen molar-refractivity contribution in [2.75, 3.05) is 13.1 Å². The van der Waals surface area contributed by atoms with E-state index in [0.29, 0.717) is 12.5 Å². The van der Waals surface area contributed by atoms with Crippen molar-refractivity contribution in [3.63, 3.8) is 0 Å². The summed E-state index contributed by atoms with van der Waals surface area (Å²) in [6.45, 7) is 4.48. The van der Waals surface area contributed by atoms with Crippen molar-refractivity contribution >= 4 is 12.0 Å². The Labute approximate surface area is 113 Å². The summed E-state index contributed by atoms with van der Waals surface area (Å²) < 4.78 is 0. The van der Waals surface area contributed by atoms with E-state index in [1.807, 2.05) is 13.8 Å². The van der Waals surface area contributed by atoms with Gasteiger partial charge in [0.25, 0.3) is 0 Å². The van der Waals surface area contributed by atoms with Crippen LogP contribution in [0.25, 0.3) is 0 Å². The second-order valence-corrected chi connectivity index (χ2v) is 5.52. The van der Waals surface area contributed by atoms with Crippen molar-refractivity contribution in [1.29, 1.82) is 0 Å². The van der Waals surface area contributed by atoms with Crippen LogP contribution in [0.2, 0.25) is 0 Å². The van der Waals surface area contributed by atoms with Gasteiger partial charge in [-0.05, 0) is 18.8 Å². The minimum atomic E-state index is -1.55. The molecule has 0 bridgehead atoms. The minimum Gasteiger partial charge on any atom is -0.479 e. The number of hydrogen-bond acceptors (Lipinski definition) is 3. The van der Waals surface area contributed by atoms with E-state index in [2.05, 4.69) is 5.32 Å². The molecule has 3 N–H and O–H groups in total.